The number of unbranched alkanes of at least 4 members (excludes halogenated alkanes) is 3. The smallest absolute Gasteiger partial charge is 0.306 e. The number of nitrogens with one attached hydrogen (secondary N) is 1. The third-order valence-electron chi connectivity index (χ3n) is 3.19. The minimum atomic E-state index is -0.387. The summed E-state index contributed by atoms with van der Waals surface area (Å²) in [6.45, 7) is 2.89. The molecule has 0 saturated carbocycles. The van der Waals surface area contributed by atoms with Crippen molar-refractivity contribution < 1.29 is 19.1 Å². The van der Waals surface area contributed by atoms with Gasteiger partial charge in [-0.05, 0) is 30.7 Å². The molecule has 1 amide bonds. The Morgan fingerprint density at radius 2 is 1.77 bits per heavy atom. The van der Waals surface area contributed by atoms with Crippen LogP contribution in [0.3, 0.4) is 0 Å². The highest BCUT2D eigenvalue weighted by Crippen LogP contribution is 2.16. The largest absolute Gasteiger partial charge is 0.494 e. The lowest BCUT2D eigenvalue weighted by atomic mass is 10.2. The van der Waals surface area contributed by atoms with Crippen molar-refractivity contribution in [2.24, 2.45) is 0 Å². The number of ether oxygens (including phenoxy) is 2. The molecule has 0 atom stereocenters. The molecule has 0 bridgehead atoms. The molecule has 0 aliphatic heterocycles. The lowest BCUT2D eigenvalue weighted by molar-refractivity contribution is -0.141. The van der Waals surface area contributed by atoms with Crippen LogP contribution in [0.25, 0.3) is 0 Å². The number of esters is 1. The molecule has 0 aromatic heterocycles. The summed E-state index contributed by atoms with van der Waals surface area (Å²) in [5.74, 6) is 0.199. The molecule has 5 heteroatoms. The van der Waals surface area contributed by atoms with Crippen LogP contribution in [-0.4, -0.2) is 25.6 Å². The first kappa shape index (κ1) is 18.0. The van der Waals surface area contributed by atoms with Gasteiger partial charge in [0.15, 0.2) is 0 Å². The predicted octanol–water partition coefficient (Wildman–Crippen LogP) is 3.54. The van der Waals surface area contributed by atoms with Crippen molar-refractivity contribution in [2.75, 3.05) is 19.0 Å². The van der Waals surface area contributed by atoms with Gasteiger partial charge in [0, 0.05) is 12.1 Å². The lowest BCUT2D eigenvalue weighted by Crippen LogP contribution is -2.13. The van der Waals surface area contributed by atoms with Gasteiger partial charge in [0.25, 0.3) is 0 Å². The van der Waals surface area contributed by atoms with Gasteiger partial charge in [-0.2, -0.15) is 0 Å². The standard InChI is InChI=1S/C17H25NO4/c1-3-4-5-6-13-22-15-9-7-14(8-10-15)18-16(19)11-12-17(20)21-2/h7-10H,3-6,11-13H2,1-2H3,(H,18,19). The lowest BCUT2D eigenvalue weighted by Gasteiger charge is -2.08. The summed E-state index contributed by atoms with van der Waals surface area (Å²) in [5, 5.41) is 2.73. The van der Waals surface area contributed by atoms with Crippen LogP contribution in [0.15, 0.2) is 24.3 Å². The third-order valence-corrected chi connectivity index (χ3v) is 3.19. The van der Waals surface area contributed by atoms with Crippen molar-refractivity contribution in [3.63, 3.8) is 0 Å². The Balaban J connectivity index is 2.29. The second-order valence-electron chi connectivity index (χ2n) is 5.06. The number of methoxy groups -OCH3 is 1. The Kier molecular flexibility index (Phi) is 8.72. The monoisotopic (exact) mass is 307 g/mol. The molecule has 0 saturated heterocycles. The summed E-state index contributed by atoms with van der Waals surface area (Å²) in [4.78, 5) is 22.6. The second kappa shape index (κ2) is 10.7. The molecule has 1 rings (SSSR count). The maximum Gasteiger partial charge on any atom is 0.306 e. The van der Waals surface area contributed by atoms with E-state index in [1.54, 1.807) is 12.1 Å². The number of carbonyl (C=O) groups is 2. The summed E-state index contributed by atoms with van der Waals surface area (Å²) >= 11 is 0. The molecule has 1 aromatic rings. The van der Waals surface area contributed by atoms with E-state index >= 15 is 0 Å². The fourth-order valence-corrected chi connectivity index (χ4v) is 1.89. The SMILES string of the molecule is CCCCCCOc1ccc(NC(=O)CCC(=O)OC)cc1. The average Bonchev–Trinajstić information content (AvgIpc) is 2.54. The van der Waals surface area contributed by atoms with Crippen LogP contribution in [-0.2, 0) is 14.3 Å². The van der Waals surface area contributed by atoms with Crippen molar-refractivity contribution in [3.8, 4) is 5.75 Å². The van der Waals surface area contributed by atoms with E-state index in [4.69, 9.17) is 4.74 Å². The minimum absolute atomic E-state index is 0.0846. The average molecular weight is 307 g/mol. The zero-order chi connectivity index (χ0) is 16.2. The Labute approximate surface area is 132 Å². The van der Waals surface area contributed by atoms with E-state index in [1.807, 2.05) is 12.1 Å². The van der Waals surface area contributed by atoms with Crippen LogP contribution in [0.2, 0.25) is 0 Å². The van der Waals surface area contributed by atoms with Crippen LogP contribution in [0, 0.1) is 0 Å². The third kappa shape index (κ3) is 7.67. The Morgan fingerprint density at radius 3 is 2.41 bits per heavy atom. The van der Waals surface area contributed by atoms with Gasteiger partial charge in [0.2, 0.25) is 5.91 Å². The molecule has 0 radical (unpaired) electrons. The Morgan fingerprint density at radius 1 is 1.05 bits per heavy atom. The van der Waals surface area contributed by atoms with E-state index in [0.717, 1.165) is 12.2 Å². The maximum atomic E-state index is 11.6. The van der Waals surface area contributed by atoms with Crippen LogP contribution in [0.1, 0.15) is 45.4 Å². The molecule has 0 heterocycles. The molecular weight excluding hydrogens is 282 g/mol. The molecule has 122 valence electrons. The number of benzene rings is 1. The summed E-state index contributed by atoms with van der Waals surface area (Å²) in [5.41, 5.74) is 0.688. The second-order valence-corrected chi connectivity index (χ2v) is 5.06. The number of amides is 1. The number of rotatable bonds is 10. The molecule has 0 fully saturated rings. The van der Waals surface area contributed by atoms with Gasteiger partial charge in [-0.25, -0.2) is 0 Å². The van der Waals surface area contributed by atoms with Crippen molar-refractivity contribution >= 4 is 17.6 Å². The van der Waals surface area contributed by atoms with Crippen molar-refractivity contribution in [2.45, 2.75) is 45.4 Å². The molecular formula is C17H25NO4. The minimum Gasteiger partial charge on any atom is -0.494 e. The van der Waals surface area contributed by atoms with Crippen LogP contribution in [0.4, 0.5) is 5.69 Å². The first-order valence-electron chi connectivity index (χ1n) is 7.75. The summed E-state index contributed by atoms with van der Waals surface area (Å²) in [7, 11) is 1.31. The van der Waals surface area contributed by atoms with Gasteiger partial charge < -0.3 is 14.8 Å². The van der Waals surface area contributed by atoms with Gasteiger partial charge in [-0.1, -0.05) is 26.2 Å². The van der Waals surface area contributed by atoms with Gasteiger partial charge >= 0.3 is 5.97 Å². The summed E-state index contributed by atoms with van der Waals surface area (Å²) < 4.78 is 10.1. The zero-order valence-corrected chi connectivity index (χ0v) is 13.4. The molecule has 0 aliphatic rings. The van der Waals surface area contributed by atoms with Gasteiger partial charge in [0.05, 0.1) is 20.1 Å². The first-order chi connectivity index (χ1) is 10.7. The molecule has 22 heavy (non-hydrogen) atoms. The van der Waals surface area contributed by atoms with Crippen molar-refractivity contribution in [1.29, 1.82) is 0 Å². The molecule has 1 N–H and O–H groups in total. The topological polar surface area (TPSA) is 64.6 Å². The number of hydrogen-bond donors (Lipinski definition) is 1. The van der Waals surface area contributed by atoms with E-state index in [0.29, 0.717) is 12.3 Å². The van der Waals surface area contributed by atoms with E-state index in [9.17, 15) is 9.59 Å². The highest BCUT2D eigenvalue weighted by atomic mass is 16.5. The predicted molar refractivity (Wildman–Crippen MR) is 86.0 cm³/mol. The maximum absolute atomic E-state index is 11.6. The van der Waals surface area contributed by atoms with Gasteiger partial charge in [-0.3, -0.25) is 9.59 Å². The van der Waals surface area contributed by atoms with Crippen molar-refractivity contribution in [3.05, 3.63) is 24.3 Å². The van der Waals surface area contributed by atoms with E-state index in [1.165, 1.54) is 26.4 Å². The number of anilines is 1. The van der Waals surface area contributed by atoms with Gasteiger partial charge in [-0.15, -0.1) is 0 Å². The normalized spacial score (nSPS) is 10.1. The van der Waals surface area contributed by atoms with Crippen LogP contribution in [0.5, 0.6) is 5.75 Å². The molecule has 0 spiro atoms. The Bertz CT molecular complexity index is 456. The van der Waals surface area contributed by atoms with E-state index in [2.05, 4.69) is 17.0 Å². The van der Waals surface area contributed by atoms with Crippen LogP contribution < -0.4 is 10.1 Å². The van der Waals surface area contributed by atoms with Gasteiger partial charge in [0.1, 0.15) is 5.75 Å². The quantitative estimate of drug-likeness (QED) is 0.530. The highest BCUT2D eigenvalue weighted by Gasteiger charge is 2.07. The number of hydrogen-bond acceptors (Lipinski definition) is 4. The zero-order valence-electron chi connectivity index (χ0n) is 13.4. The molecule has 1 aromatic carbocycles. The highest BCUT2D eigenvalue weighted by molar-refractivity contribution is 5.92. The first-order valence-corrected chi connectivity index (χ1v) is 7.75. The fraction of sp³-hybridized carbons (Fsp3) is 0.529. The summed E-state index contributed by atoms with van der Waals surface area (Å²) in [6, 6.07) is 7.24. The molecule has 0 unspecified atom stereocenters. The Hall–Kier alpha value is -2.04. The van der Waals surface area contributed by atoms with Crippen molar-refractivity contribution in [1.82, 2.24) is 0 Å². The molecule has 0 aliphatic carbocycles. The van der Waals surface area contributed by atoms with E-state index < -0.39 is 0 Å². The fourth-order valence-electron chi connectivity index (χ4n) is 1.89. The summed E-state index contributed by atoms with van der Waals surface area (Å²) in [6.07, 6.45) is 4.89. The number of carbonyl (C=O) groups excluding carboxylic acids is 2. The molecule has 5 nitrogen and oxygen atoms in total. The van der Waals surface area contributed by atoms with Crippen LogP contribution >= 0.6 is 0 Å². The van der Waals surface area contributed by atoms with E-state index in [-0.39, 0.29) is 24.7 Å².